The van der Waals surface area contributed by atoms with Crippen LogP contribution in [0.5, 0.6) is 0 Å². The molecule has 2 aliphatic rings. The first-order valence-corrected chi connectivity index (χ1v) is 6.02. The molecule has 2 rings (SSSR count). The van der Waals surface area contributed by atoms with Crippen LogP contribution in [-0.4, -0.2) is 31.9 Å². The van der Waals surface area contributed by atoms with Gasteiger partial charge in [-0.15, -0.1) is 0 Å². The third-order valence-electron chi connectivity index (χ3n) is 3.27. The summed E-state index contributed by atoms with van der Waals surface area (Å²) < 4.78 is 23.6. The summed E-state index contributed by atoms with van der Waals surface area (Å²) in [7, 11) is -3.47. The number of piperidine rings is 1. The zero-order valence-electron chi connectivity index (χ0n) is 7.39. The number of fused-ring (bicyclic) bond motifs is 2. The van der Waals surface area contributed by atoms with Gasteiger partial charge in [0.15, 0.2) is 0 Å². The molecule has 76 valence electrons. The summed E-state index contributed by atoms with van der Waals surface area (Å²) in [5, 5.41) is 5.08. The topological polar surface area (TPSA) is 89.4 Å². The molecule has 0 spiro atoms. The summed E-state index contributed by atoms with van der Waals surface area (Å²) in [4.78, 5) is 0. The van der Waals surface area contributed by atoms with E-state index < -0.39 is 10.2 Å². The molecule has 1 unspecified atom stereocenters. The summed E-state index contributed by atoms with van der Waals surface area (Å²) >= 11 is 0. The molecule has 1 aliphatic heterocycles. The third kappa shape index (κ3) is 1.48. The predicted octanol–water partition coefficient (Wildman–Crippen LogP) is -1.14. The largest absolute Gasteiger partial charge is 0.330 e. The molecule has 1 saturated heterocycles. The fourth-order valence-electron chi connectivity index (χ4n) is 2.62. The van der Waals surface area contributed by atoms with E-state index in [0.29, 0.717) is 24.9 Å². The highest BCUT2D eigenvalue weighted by molar-refractivity contribution is 7.86. The van der Waals surface area contributed by atoms with Crippen LogP contribution in [-0.2, 0) is 10.2 Å². The normalized spacial score (nSPS) is 40.0. The van der Waals surface area contributed by atoms with Crippen molar-refractivity contribution >= 4 is 10.2 Å². The van der Waals surface area contributed by atoms with Crippen molar-refractivity contribution in [2.45, 2.75) is 18.9 Å². The molecule has 5 nitrogen and oxygen atoms in total. The van der Waals surface area contributed by atoms with E-state index in [1.807, 2.05) is 0 Å². The Morgan fingerprint density at radius 3 is 2.46 bits per heavy atom. The molecular weight excluding hydrogens is 190 g/mol. The molecule has 2 fully saturated rings. The monoisotopic (exact) mass is 205 g/mol. The van der Waals surface area contributed by atoms with Gasteiger partial charge in [0, 0.05) is 12.6 Å². The zero-order valence-corrected chi connectivity index (χ0v) is 8.20. The smallest absolute Gasteiger partial charge is 0.277 e. The van der Waals surface area contributed by atoms with Crippen molar-refractivity contribution in [3.05, 3.63) is 0 Å². The minimum absolute atomic E-state index is 0.119. The highest BCUT2D eigenvalue weighted by atomic mass is 32.2. The molecular formula is C7H15N3O2S. The molecule has 4 N–H and O–H groups in total. The number of nitrogens with zero attached hydrogens (tertiary/aromatic N) is 1. The van der Waals surface area contributed by atoms with E-state index in [0.717, 1.165) is 12.8 Å². The summed E-state index contributed by atoms with van der Waals surface area (Å²) in [5.41, 5.74) is 5.58. The van der Waals surface area contributed by atoms with Gasteiger partial charge >= 0.3 is 0 Å². The van der Waals surface area contributed by atoms with Crippen molar-refractivity contribution in [3.8, 4) is 0 Å². The molecule has 0 amide bonds. The lowest BCUT2D eigenvalue weighted by atomic mass is 9.96. The van der Waals surface area contributed by atoms with Crippen LogP contribution in [0.25, 0.3) is 0 Å². The molecule has 0 aromatic heterocycles. The van der Waals surface area contributed by atoms with Gasteiger partial charge in [-0.2, -0.15) is 12.7 Å². The van der Waals surface area contributed by atoms with Crippen molar-refractivity contribution in [2.24, 2.45) is 22.7 Å². The number of rotatable bonds is 2. The summed E-state index contributed by atoms with van der Waals surface area (Å²) in [6.45, 7) is 1.24. The minimum atomic E-state index is -3.47. The Morgan fingerprint density at radius 2 is 2.08 bits per heavy atom. The van der Waals surface area contributed by atoms with Crippen molar-refractivity contribution in [2.75, 3.05) is 13.1 Å². The summed E-state index contributed by atoms with van der Waals surface area (Å²) in [6, 6.07) is 0.119. The van der Waals surface area contributed by atoms with Crippen molar-refractivity contribution in [3.63, 3.8) is 0 Å². The van der Waals surface area contributed by atoms with Crippen LogP contribution in [0.4, 0.5) is 0 Å². The van der Waals surface area contributed by atoms with Crippen LogP contribution in [0, 0.1) is 11.8 Å². The maximum atomic E-state index is 11.1. The van der Waals surface area contributed by atoms with Crippen molar-refractivity contribution < 1.29 is 8.42 Å². The fraction of sp³-hybridized carbons (Fsp3) is 1.00. The van der Waals surface area contributed by atoms with Crippen LogP contribution < -0.4 is 10.9 Å². The van der Waals surface area contributed by atoms with Gasteiger partial charge < -0.3 is 5.73 Å². The Labute approximate surface area is 78.3 Å². The molecule has 1 saturated carbocycles. The van der Waals surface area contributed by atoms with E-state index in [9.17, 15) is 8.42 Å². The Hall–Kier alpha value is -0.170. The van der Waals surface area contributed by atoms with Gasteiger partial charge in [0.05, 0.1) is 0 Å². The molecule has 0 radical (unpaired) electrons. The molecule has 3 atom stereocenters. The van der Waals surface area contributed by atoms with Crippen LogP contribution in [0.2, 0.25) is 0 Å². The van der Waals surface area contributed by atoms with Gasteiger partial charge in [0.2, 0.25) is 0 Å². The van der Waals surface area contributed by atoms with Gasteiger partial charge in [-0.1, -0.05) is 0 Å². The molecule has 0 aromatic rings. The lowest BCUT2D eigenvalue weighted by molar-refractivity contribution is 0.268. The van der Waals surface area contributed by atoms with E-state index in [4.69, 9.17) is 10.9 Å². The Balaban J connectivity index is 2.12. The van der Waals surface area contributed by atoms with Crippen LogP contribution in [0.1, 0.15) is 12.8 Å². The predicted molar refractivity (Wildman–Crippen MR) is 48.9 cm³/mol. The van der Waals surface area contributed by atoms with Crippen LogP contribution >= 0.6 is 0 Å². The maximum Gasteiger partial charge on any atom is 0.277 e. The number of hydrogen-bond donors (Lipinski definition) is 2. The lowest BCUT2D eigenvalue weighted by Crippen LogP contribution is -2.44. The molecule has 13 heavy (non-hydrogen) atoms. The van der Waals surface area contributed by atoms with E-state index in [1.165, 1.54) is 4.31 Å². The summed E-state index contributed by atoms with van der Waals surface area (Å²) in [6.07, 6.45) is 1.83. The number of hydrogen-bond acceptors (Lipinski definition) is 3. The average molecular weight is 205 g/mol. The first-order valence-electron chi connectivity index (χ1n) is 4.52. The SMILES string of the molecule is NC[C@@H]1CC2C[C@H]1CN2S(N)(=O)=O. The molecule has 1 heterocycles. The molecule has 6 heteroatoms. The minimum Gasteiger partial charge on any atom is -0.330 e. The van der Waals surface area contributed by atoms with Gasteiger partial charge in [-0.05, 0) is 31.2 Å². The Morgan fingerprint density at radius 1 is 1.38 bits per heavy atom. The third-order valence-corrected chi connectivity index (χ3v) is 4.37. The van der Waals surface area contributed by atoms with Gasteiger partial charge in [0.25, 0.3) is 10.2 Å². The van der Waals surface area contributed by atoms with Gasteiger partial charge in [0.1, 0.15) is 0 Å². The Bertz CT molecular complexity index is 303. The zero-order chi connectivity index (χ0) is 9.64. The highest BCUT2D eigenvalue weighted by Crippen LogP contribution is 2.42. The van der Waals surface area contributed by atoms with E-state index in [-0.39, 0.29) is 6.04 Å². The van der Waals surface area contributed by atoms with Crippen molar-refractivity contribution in [1.82, 2.24) is 4.31 Å². The second-order valence-corrected chi connectivity index (χ2v) is 5.49. The molecule has 2 bridgehead atoms. The van der Waals surface area contributed by atoms with Gasteiger partial charge in [-0.25, -0.2) is 5.14 Å². The average Bonchev–Trinajstić information content (AvgIpc) is 2.59. The highest BCUT2D eigenvalue weighted by Gasteiger charge is 2.47. The lowest BCUT2D eigenvalue weighted by Gasteiger charge is -2.28. The second-order valence-electron chi connectivity index (χ2n) is 4.00. The van der Waals surface area contributed by atoms with E-state index >= 15 is 0 Å². The fourth-order valence-corrected chi connectivity index (χ4v) is 3.61. The van der Waals surface area contributed by atoms with E-state index in [2.05, 4.69) is 0 Å². The van der Waals surface area contributed by atoms with Crippen LogP contribution in [0.3, 0.4) is 0 Å². The second kappa shape index (κ2) is 2.91. The van der Waals surface area contributed by atoms with E-state index in [1.54, 1.807) is 0 Å². The van der Waals surface area contributed by atoms with Crippen molar-refractivity contribution in [1.29, 1.82) is 0 Å². The molecule has 0 aromatic carbocycles. The van der Waals surface area contributed by atoms with Crippen LogP contribution in [0.15, 0.2) is 0 Å². The van der Waals surface area contributed by atoms with Gasteiger partial charge in [-0.3, -0.25) is 0 Å². The first-order chi connectivity index (χ1) is 6.02. The summed E-state index contributed by atoms with van der Waals surface area (Å²) in [5.74, 6) is 0.941. The molecule has 1 aliphatic carbocycles. The standard InChI is InChI=1S/C7H15N3O2S/c8-3-5-1-7-2-6(5)4-10(7)13(9,11)12/h5-7H,1-4,8H2,(H2,9,11,12)/t5-,6-,7?/m0/s1. The Kier molecular flexibility index (Phi) is 2.10. The first kappa shape index (κ1) is 9.39. The maximum absolute atomic E-state index is 11.1. The number of nitrogens with two attached hydrogens (primary N) is 2. The quantitative estimate of drug-likeness (QED) is 0.597.